The first-order valence-corrected chi connectivity index (χ1v) is 16.4. The van der Waals surface area contributed by atoms with E-state index >= 15 is 0 Å². The van der Waals surface area contributed by atoms with Crippen molar-refractivity contribution in [2.45, 2.75) is 0 Å². The summed E-state index contributed by atoms with van der Waals surface area (Å²) in [6.07, 6.45) is 0. The van der Waals surface area contributed by atoms with Crippen LogP contribution in [0.3, 0.4) is 0 Å². The Kier molecular flexibility index (Phi) is 6.15. The van der Waals surface area contributed by atoms with Gasteiger partial charge in [-0.25, -0.2) is 15.0 Å². The number of rotatable bonds is 4. The standard InChI is InChI=1S/C45H27N3O/c1-3-12-30-24-34(22-20-28(30)10-1)38-26-32-14-5-6-15-33(32)27-39(38)45-47-43(35-23-21-29-11-2-4-13-31(29)25-35)46-44(48-45)37-17-9-19-41-42(37)36-16-7-8-18-40(36)49-41/h1-27H. The van der Waals surface area contributed by atoms with Gasteiger partial charge in [-0.15, -0.1) is 0 Å². The van der Waals surface area contributed by atoms with Gasteiger partial charge in [0.2, 0.25) is 0 Å². The molecule has 228 valence electrons. The predicted molar refractivity (Wildman–Crippen MR) is 201 cm³/mol. The molecule has 4 heteroatoms. The van der Waals surface area contributed by atoms with Crippen LogP contribution in [0.4, 0.5) is 0 Å². The monoisotopic (exact) mass is 625 g/mol. The van der Waals surface area contributed by atoms with E-state index < -0.39 is 0 Å². The minimum atomic E-state index is 0.600. The van der Waals surface area contributed by atoms with Crippen molar-refractivity contribution in [1.82, 2.24) is 15.0 Å². The zero-order valence-electron chi connectivity index (χ0n) is 26.3. The normalized spacial score (nSPS) is 11.7. The summed E-state index contributed by atoms with van der Waals surface area (Å²) < 4.78 is 6.28. The SMILES string of the molecule is c1ccc2cc(-c3nc(-c4cc5ccccc5cc4-c4ccc5ccccc5c4)nc(-c4cccc5oc6ccccc6c45)n3)ccc2c1. The van der Waals surface area contributed by atoms with E-state index in [4.69, 9.17) is 19.4 Å². The second-order valence-electron chi connectivity index (χ2n) is 12.5. The number of furan rings is 1. The lowest BCUT2D eigenvalue weighted by Crippen LogP contribution is -2.01. The van der Waals surface area contributed by atoms with E-state index in [1.54, 1.807) is 0 Å². The van der Waals surface area contributed by atoms with Crippen LogP contribution in [0.5, 0.6) is 0 Å². The third-order valence-corrected chi connectivity index (χ3v) is 9.47. The maximum absolute atomic E-state index is 6.28. The molecule has 10 aromatic rings. The Balaban J connectivity index is 1.28. The van der Waals surface area contributed by atoms with Crippen molar-refractivity contribution >= 4 is 54.3 Å². The fourth-order valence-corrected chi connectivity index (χ4v) is 7.06. The summed E-state index contributed by atoms with van der Waals surface area (Å²) in [5.74, 6) is 1.84. The van der Waals surface area contributed by atoms with Crippen molar-refractivity contribution in [2.75, 3.05) is 0 Å². The van der Waals surface area contributed by atoms with Gasteiger partial charge in [-0.3, -0.25) is 0 Å². The zero-order valence-corrected chi connectivity index (χ0v) is 26.3. The van der Waals surface area contributed by atoms with E-state index in [1.165, 1.54) is 16.2 Å². The van der Waals surface area contributed by atoms with Crippen molar-refractivity contribution in [2.24, 2.45) is 0 Å². The Hall–Kier alpha value is -6.65. The molecule has 0 amide bonds. The van der Waals surface area contributed by atoms with Gasteiger partial charge in [0.1, 0.15) is 11.2 Å². The minimum Gasteiger partial charge on any atom is -0.456 e. The Morgan fingerprint density at radius 2 is 0.837 bits per heavy atom. The van der Waals surface area contributed by atoms with E-state index in [0.717, 1.165) is 65.9 Å². The summed E-state index contributed by atoms with van der Waals surface area (Å²) in [5, 5.41) is 9.00. The molecule has 0 saturated heterocycles. The van der Waals surface area contributed by atoms with Gasteiger partial charge in [-0.1, -0.05) is 127 Å². The van der Waals surface area contributed by atoms with Gasteiger partial charge in [-0.2, -0.15) is 0 Å². The van der Waals surface area contributed by atoms with Crippen LogP contribution in [0, 0.1) is 0 Å². The Morgan fingerprint density at radius 3 is 1.55 bits per heavy atom. The number of fused-ring (bicyclic) bond motifs is 6. The Morgan fingerprint density at radius 1 is 0.327 bits per heavy atom. The van der Waals surface area contributed by atoms with Crippen molar-refractivity contribution < 1.29 is 4.42 Å². The molecule has 0 fully saturated rings. The number of nitrogens with zero attached hydrogens (tertiary/aromatic N) is 3. The van der Waals surface area contributed by atoms with Gasteiger partial charge in [0, 0.05) is 27.5 Å². The molecule has 8 aromatic carbocycles. The molecule has 0 aliphatic heterocycles. The first-order valence-electron chi connectivity index (χ1n) is 16.4. The van der Waals surface area contributed by atoms with Crippen LogP contribution in [0.25, 0.3) is 99.5 Å². The molecular formula is C45H27N3O. The van der Waals surface area contributed by atoms with Gasteiger partial charge in [-0.05, 0) is 79.8 Å². The topological polar surface area (TPSA) is 51.8 Å². The highest BCUT2D eigenvalue weighted by Crippen LogP contribution is 2.39. The Bertz CT molecular complexity index is 2900. The van der Waals surface area contributed by atoms with Crippen LogP contribution in [-0.4, -0.2) is 15.0 Å². The van der Waals surface area contributed by atoms with E-state index in [-0.39, 0.29) is 0 Å². The molecule has 0 aliphatic rings. The van der Waals surface area contributed by atoms with Crippen molar-refractivity contribution in [3.63, 3.8) is 0 Å². The first-order chi connectivity index (χ1) is 24.2. The lowest BCUT2D eigenvalue weighted by atomic mass is 9.93. The summed E-state index contributed by atoms with van der Waals surface area (Å²) in [4.78, 5) is 15.7. The lowest BCUT2D eigenvalue weighted by molar-refractivity contribution is 0.669. The maximum Gasteiger partial charge on any atom is 0.164 e. The number of hydrogen-bond donors (Lipinski definition) is 0. The molecule has 0 aliphatic carbocycles. The van der Waals surface area contributed by atoms with E-state index in [1.807, 2.05) is 30.3 Å². The average Bonchev–Trinajstić information content (AvgIpc) is 3.56. The lowest BCUT2D eigenvalue weighted by Gasteiger charge is -2.14. The van der Waals surface area contributed by atoms with Crippen LogP contribution in [0.2, 0.25) is 0 Å². The Labute approximate surface area is 282 Å². The molecule has 4 nitrogen and oxygen atoms in total. The molecule has 10 rings (SSSR count). The molecule has 2 heterocycles. The molecule has 2 aromatic heterocycles. The van der Waals surface area contributed by atoms with E-state index in [0.29, 0.717) is 17.5 Å². The molecule has 0 radical (unpaired) electrons. The summed E-state index contributed by atoms with van der Waals surface area (Å²) in [6, 6.07) is 57.1. The summed E-state index contributed by atoms with van der Waals surface area (Å²) in [7, 11) is 0. The molecule has 0 N–H and O–H groups in total. The summed E-state index contributed by atoms with van der Waals surface area (Å²) in [6.45, 7) is 0. The largest absolute Gasteiger partial charge is 0.456 e. The van der Waals surface area contributed by atoms with Gasteiger partial charge in [0.15, 0.2) is 17.5 Å². The molecule has 0 atom stereocenters. The number of para-hydroxylation sites is 1. The fourth-order valence-electron chi connectivity index (χ4n) is 7.06. The third kappa shape index (κ3) is 4.65. The smallest absolute Gasteiger partial charge is 0.164 e. The molecule has 0 spiro atoms. The second kappa shape index (κ2) is 11.0. The van der Waals surface area contributed by atoms with Crippen LogP contribution in [0.15, 0.2) is 168 Å². The number of benzene rings is 8. The van der Waals surface area contributed by atoms with Crippen molar-refractivity contribution in [1.29, 1.82) is 0 Å². The van der Waals surface area contributed by atoms with Crippen LogP contribution < -0.4 is 0 Å². The highest BCUT2D eigenvalue weighted by molar-refractivity contribution is 6.12. The molecule has 49 heavy (non-hydrogen) atoms. The average molecular weight is 626 g/mol. The summed E-state index contributed by atoms with van der Waals surface area (Å²) >= 11 is 0. The highest BCUT2D eigenvalue weighted by Gasteiger charge is 2.20. The molecule has 0 unspecified atom stereocenters. The van der Waals surface area contributed by atoms with Gasteiger partial charge >= 0.3 is 0 Å². The first kappa shape index (κ1) is 27.5. The van der Waals surface area contributed by atoms with E-state index in [2.05, 4.69) is 133 Å². The zero-order chi connectivity index (χ0) is 32.3. The third-order valence-electron chi connectivity index (χ3n) is 9.47. The number of hydrogen-bond acceptors (Lipinski definition) is 4. The predicted octanol–water partition coefficient (Wildman–Crippen LogP) is 11.9. The van der Waals surface area contributed by atoms with Crippen molar-refractivity contribution in [3.8, 4) is 45.3 Å². The van der Waals surface area contributed by atoms with Gasteiger partial charge in [0.05, 0.1) is 0 Å². The molecular weight excluding hydrogens is 599 g/mol. The molecule has 0 bridgehead atoms. The maximum atomic E-state index is 6.28. The van der Waals surface area contributed by atoms with Crippen LogP contribution in [0.1, 0.15) is 0 Å². The van der Waals surface area contributed by atoms with E-state index in [9.17, 15) is 0 Å². The number of aromatic nitrogens is 3. The summed E-state index contributed by atoms with van der Waals surface area (Å²) in [5.41, 5.74) is 6.60. The second-order valence-corrected chi connectivity index (χ2v) is 12.5. The van der Waals surface area contributed by atoms with Gasteiger partial charge < -0.3 is 4.42 Å². The van der Waals surface area contributed by atoms with Crippen LogP contribution >= 0.6 is 0 Å². The minimum absolute atomic E-state index is 0.600. The molecule has 0 saturated carbocycles. The fraction of sp³-hybridized carbons (Fsp3) is 0. The van der Waals surface area contributed by atoms with Crippen LogP contribution in [-0.2, 0) is 0 Å². The highest BCUT2D eigenvalue weighted by atomic mass is 16.3. The van der Waals surface area contributed by atoms with Gasteiger partial charge in [0.25, 0.3) is 0 Å². The quantitative estimate of drug-likeness (QED) is 0.195. The van der Waals surface area contributed by atoms with Crippen molar-refractivity contribution in [3.05, 3.63) is 164 Å².